The van der Waals surface area contributed by atoms with E-state index in [0.29, 0.717) is 6.04 Å². The molecule has 2 aromatic rings. The van der Waals surface area contributed by atoms with E-state index in [9.17, 15) is 0 Å². The lowest BCUT2D eigenvalue weighted by molar-refractivity contribution is 0.685. The van der Waals surface area contributed by atoms with Gasteiger partial charge in [-0.1, -0.05) is 0 Å². The third-order valence-corrected chi connectivity index (χ3v) is 4.23. The quantitative estimate of drug-likeness (QED) is 0.915. The van der Waals surface area contributed by atoms with Gasteiger partial charge in [-0.25, -0.2) is 4.68 Å². The molecule has 6 heteroatoms. The Morgan fingerprint density at radius 2 is 2.17 bits per heavy atom. The number of benzene rings is 1. The molecule has 0 amide bonds. The minimum atomic E-state index is 0.600. The summed E-state index contributed by atoms with van der Waals surface area (Å²) in [5.74, 6) is 2.51. The van der Waals surface area contributed by atoms with Crippen molar-refractivity contribution in [2.75, 3.05) is 16.8 Å². The van der Waals surface area contributed by atoms with Gasteiger partial charge in [-0.2, -0.15) is 11.8 Å². The van der Waals surface area contributed by atoms with E-state index >= 15 is 0 Å². The van der Waals surface area contributed by atoms with Crippen LogP contribution in [0.25, 0.3) is 5.69 Å². The van der Waals surface area contributed by atoms with Gasteiger partial charge in [0.2, 0.25) is 0 Å². The molecular weight excluding hydrogens is 246 g/mol. The molecule has 3 rings (SSSR count). The average molecular weight is 261 g/mol. The van der Waals surface area contributed by atoms with E-state index in [2.05, 4.69) is 33.0 Å². The summed E-state index contributed by atoms with van der Waals surface area (Å²) in [5.41, 5.74) is 2.14. The van der Waals surface area contributed by atoms with Crippen molar-refractivity contribution >= 4 is 17.4 Å². The molecule has 1 atom stereocenters. The fourth-order valence-corrected chi connectivity index (χ4v) is 3.15. The Balaban J connectivity index is 1.67. The highest BCUT2D eigenvalue weighted by Crippen LogP contribution is 2.21. The van der Waals surface area contributed by atoms with E-state index in [1.807, 2.05) is 23.9 Å². The van der Waals surface area contributed by atoms with Crippen LogP contribution < -0.4 is 5.32 Å². The van der Waals surface area contributed by atoms with E-state index in [4.69, 9.17) is 0 Å². The van der Waals surface area contributed by atoms with Gasteiger partial charge in [0, 0.05) is 17.5 Å². The maximum Gasteiger partial charge on any atom is 0.143 e. The molecule has 18 heavy (non-hydrogen) atoms. The summed E-state index contributed by atoms with van der Waals surface area (Å²) in [6, 6.07) is 8.80. The average Bonchev–Trinajstić information content (AvgIpc) is 2.95. The number of aromatic nitrogens is 4. The van der Waals surface area contributed by atoms with Crippen molar-refractivity contribution in [2.45, 2.75) is 18.9 Å². The van der Waals surface area contributed by atoms with Crippen molar-refractivity contribution in [3.05, 3.63) is 30.6 Å². The third kappa shape index (κ3) is 2.64. The second kappa shape index (κ2) is 5.39. The van der Waals surface area contributed by atoms with Gasteiger partial charge in [0.05, 0.1) is 5.69 Å². The van der Waals surface area contributed by atoms with Gasteiger partial charge in [0.25, 0.3) is 0 Å². The Kier molecular flexibility index (Phi) is 3.45. The Bertz CT molecular complexity index is 476. The normalized spacial score (nSPS) is 19.7. The highest BCUT2D eigenvalue weighted by atomic mass is 32.2. The zero-order valence-electron chi connectivity index (χ0n) is 9.99. The first-order valence-electron chi connectivity index (χ1n) is 6.09. The first-order chi connectivity index (χ1) is 8.92. The van der Waals surface area contributed by atoms with E-state index in [0.717, 1.165) is 5.69 Å². The topological polar surface area (TPSA) is 55.6 Å². The molecule has 1 aromatic heterocycles. The maximum atomic E-state index is 3.86. The van der Waals surface area contributed by atoms with Crippen LogP contribution in [0.2, 0.25) is 0 Å². The van der Waals surface area contributed by atoms with Crippen molar-refractivity contribution in [3.8, 4) is 5.69 Å². The van der Waals surface area contributed by atoms with E-state index in [-0.39, 0.29) is 0 Å². The molecule has 0 radical (unpaired) electrons. The Morgan fingerprint density at radius 3 is 2.83 bits per heavy atom. The van der Waals surface area contributed by atoms with Gasteiger partial charge in [-0.15, -0.1) is 5.10 Å². The van der Waals surface area contributed by atoms with Gasteiger partial charge in [0.15, 0.2) is 0 Å². The third-order valence-electron chi connectivity index (χ3n) is 3.01. The number of hydrogen-bond donors (Lipinski definition) is 1. The number of tetrazole rings is 1. The standard InChI is InChI=1S/C12H15N5S/c1-2-11(8-18-7-1)14-10-3-5-12(6-4-10)17-9-13-15-16-17/h3-6,9,11,14H,1-2,7-8H2. The molecular formula is C12H15N5S. The van der Waals surface area contributed by atoms with Crippen LogP contribution in [-0.2, 0) is 0 Å². The fourth-order valence-electron chi connectivity index (χ4n) is 2.08. The zero-order chi connectivity index (χ0) is 12.2. The molecule has 1 saturated heterocycles. The Labute approximate surface area is 110 Å². The molecule has 1 aliphatic heterocycles. The smallest absolute Gasteiger partial charge is 0.143 e. The van der Waals surface area contributed by atoms with Crippen LogP contribution in [0.5, 0.6) is 0 Å². The van der Waals surface area contributed by atoms with E-state index in [1.54, 1.807) is 11.0 Å². The maximum absolute atomic E-state index is 3.86. The first-order valence-corrected chi connectivity index (χ1v) is 7.25. The van der Waals surface area contributed by atoms with Gasteiger partial charge in [0.1, 0.15) is 6.33 Å². The van der Waals surface area contributed by atoms with Crippen LogP contribution in [0.1, 0.15) is 12.8 Å². The molecule has 0 spiro atoms. The number of thioether (sulfide) groups is 1. The summed E-state index contributed by atoms with van der Waals surface area (Å²) in [7, 11) is 0. The summed E-state index contributed by atoms with van der Waals surface area (Å²) >= 11 is 2.03. The summed E-state index contributed by atoms with van der Waals surface area (Å²) in [5, 5.41) is 14.7. The summed E-state index contributed by atoms with van der Waals surface area (Å²) < 4.78 is 1.65. The number of rotatable bonds is 3. The van der Waals surface area contributed by atoms with Gasteiger partial charge >= 0.3 is 0 Å². The van der Waals surface area contributed by atoms with Crippen LogP contribution in [0, 0.1) is 0 Å². The van der Waals surface area contributed by atoms with Crippen LogP contribution in [0.15, 0.2) is 30.6 Å². The largest absolute Gasteiger partial charge is 0.381 e. The second-order valence-electron chi connectivity index (χ2n) is 4.36. The molecule has 2 heterocycles. The van der Waals surface area contributed by atoms with E-state index < -0.39 is 0 Å². The fraction of sp³-hybridized carbons (Fsp3) is 0.417. The molecule has 0 saturated carbocycles. The SMILES string of the molecule is c1cc(-n2cnnn2)ccc1NC1CCCSC1. The predicted molar refractivity (Wildman–Crippen MR) is 73.1 cm³/mol. The van der Waals surface area contributed by atoms with Gasteiger partial charge in [-0.05, 0) is 53.3 Å². The Hall–Kier alpha value is -1.56. The van der Waals surface area contributed by atoms with Crippen LogP contribution in [0.4, 0.5) is 5.69 Å². The van der Waals surface area contributed by atoms with Crippen LogP contribution >= 0.6 is 11.8 Å². The number of hydrogen-bond acceptors (Lipinski definition) is 5. The lowest BCUT2D eigenvalue weighted by atomic mass is 10.1. The van der Waals surface area contributed by atoms with Gasteiger partial charge in [-0.3, -0.25) is 0 Å². The van der Waals surface area contributed by atoms with Crippen molar-refractivity contribution in [1.82, 2.24) is 20.2 Å². The van der Waals surface area contributed by atoms with Crippen molar-refractivity contribution in [2.24, 2.45) is 0 Å². The summed E-state index contributed by atoms with van der Waals surface area (Å²) in [6.07, 6.45) is 4.17. The predicted octanol–water partition coefficient (Wildman–Crippen LogP) is 1.97. The monoisotopic (exact) mass is 261 g/mol. The minimum Gasteiger partial charge on any atom is -0.381 e. The zero-order valence-corrected chi connectivity index (χ0v) is 10.8. The van der Waals surface area contributed by atoms with Crippen molar-refractivity contribution in [1.29, 1.82) is 0 Å². The molecule has 0 aliphatic carbocycles. The van der Waals surface area contributed by atoms with Crippen LogP contribution in [-0.4, -0.2) is 37.8 Å². The Morgan fingerprint density at radius 1 is 1.28 bits per heavy atom. The lowest BCUT2D eigenvalue weighted by Gasteiger charge is -2.23. The molecule has 1 unspecified atom stereocenters. The van der Waals surface area contributed by atoms with Crippen molar-refractivity contribution in [3.63, 3.8) is 0 Å². The molecule has 5 nitrogen and oxygen atoms in total. The highest BCUT2D eigenvalue weighted by molar-refractivity contribution is 7.99. The van der Waals surface area contributed by atoms with E-state index in [1.165, 1.54) is 30.0 Å². The van der Waals surface area contributed by atoms with Crippen LogP contribution in [0.3, 0.4) is 0 Å². The molecule has 1 N–H and O–H groups in total. The molecule has 94 valence electrons. The summed E-state index contributed by atoms with van der Waals surface area (Å²) in [4.78, 5) is 0. The van der Waals surface area contributed by atoms with Crippen molar-refractivity contribution < 1.29 is 0 Å². The second-order valence-corrected chi connectivity index (χ2v) is 5.51. The molecule has 1 aliphatic rings. The minimum absolute atomic E-state index is 0.600. The lowest BCUT2D eigenvalue weighted by Crippen LogP contribution is -2.25. The molecule has 1 aromatic carbocycles. The van der Waals surface area contributed by atoms with Gasteiger partial charge < -0.3 is 5.32 Å². The first kappa shape index (κ1) is 11.5. The highest BCUT2D eigenvalue weighted by Gasteiger charge is 2.13. The summed E-state index contributed by atoms with van der Waals surface area (Å²) in [6.45, 7) is 0. The number of anilines is 1. The number of nitrogens with zero attached hydrogens (tertiary/aromatic N) is 4. The number of nitrogens with one attached hydrogen (secondary N) is 1. The molecule has 0 bridgehead atoms. The molecule has 1 fully saturated rings.